The zero-order valence-corrected chi connectivity index (χ0v) is 36.0. The lowest BCUT2D eigenvalue weighted by atomic mass is 9.82. The van der Waals surface area contributed by atoms with Crippen LogP contribution in [0.2, 0.25) is 18.6 Å². The number of nitrogens with zero attached hydrogens (tertiary/aromatic N) is 3. The number of para-hydroxylation sites is 1. The van der Waals surface area contributed by atoms with E-state index in [1.165, 1.54) is 0 Å². The number of halogens is 1. The molecule has 11 nitrogen and oxygen atoms in total. The molecule has 1 fully saturated rings. The first-order valence-corrected chi connectivity index (χ1v) is 24.1. The van der Waals surface area contributed by atoms with Crippen LogP contribution in [0.25, 0.3) is 0 Å². The van der Waals surface area contributed by atoms with E-state index in [1.807, 2.05) is 111 Å². The number of aliphatic hydroxyl groups excluding tert-OH is 2. The molecule has 60 heavy (non-hydrogen) atoms. The summed E-state index contributed by atoms with van der Waals surface area (Å²) in [6, 6.07) is 29.9. The van der Waals surface area contributed by atoms with Crippen molar-refractivity contribution in [3.8, 4) is 5.75 Å². The van der Waals surface area contributed by atoms with Crippen LogP contribution in [-0.2, 0) is 44.2 Å². The lowest BCUT2D eigenvalue weighted by Gasteiger charge is -2.35. The minimum Gasteiger partial charge on any atom is -0.494 e. The van der Waals surface area contributed by atoms with Crippen LogP contribution in [0.3, 0.4) is 0 Å². The molecule has 4 aromatic carbocycles. The largest absolute Gasteiger partial charge is 0.494 e. The zero-order valence-electron chi connectivity index (χ0n) is 35.0. The van der Waals surface area contributed by atoms with Crippen LogP contribution in [0, 0.1) is 5.92 Å². The lowest BCUT2D eigenvalue weighted by molar-refractivity contribution is -0.150. The zero-order chi connectivity index (χ0) is 42.6. The van der Waals surface area contributed by atoms with Gasteiger partial charge < -0.3 is 38.9 Å². The van der Waals surface area contributed by atoms with Gasteiger partial charge in [-0.05, 0) is 98.9 Å². The van der Waals surface area contributed by atoms with Gasteiger partial charge in [0.2, 0.25) is 20.2 Å². The molecule has 0 radical (unpaired) electrons. The Labute approximate surface area is 353 Å². The summed E-state index contributed by atoms with van der Waals surface area (Å²) in [6.07, 6.45) is 0.864. The van der Waals surface area contributed by atoms with Crippen molar-refractivity contribution in [2.24, 2.45) is 5.92 Å². The number of anilines is 3. The molecule has 5 atom stereocenters. The number of rotatable bonds is 17. The first kappa shape index (κ1) is 43.2. The number of ether oxygens (including phenoxy) is 2. The van der Waals surface area contributed by atoms with E-state index in [4.69, 9.17) is 9.47 Å². The van der Waals surface area contributed by atoms with Crippen LogP contribution in [-0.4, -0.2) is 86.3 Å². The van der Waals surface area contributed by atoms with Crippen LogP contribution in [0.4, 0.5) is 21.2 Å². The number of unbranched alkanes of at least 4 members (excludes halogenated alkanes) is 1. The monoisotopic (exact) mass is 836 g/mol. The number of amides is 3. The maximum absolute atomic E-state index is 16.6. The van der Waals surface area contributed by atoms with E-state index >= 15 is 8.90 Å². The number of hydrogen-bond acceptors (Lipinski definition) is 8. The van der Waals surface area contributed by atoms with E-state index in [9.17, 15) is 19.8 Å². The second-order valence-electron chi connectivity index (χ2n) is 16.6. The third-order valence-corrected chi connectivity index (χ3v) is 14.7. The van der Waals surface area contributed by atoms with E-state index in [1.54, 1.807) is 27.8 Å². The predicted octanol–water partition coefficient (Wildman–Crippen LogP) is 6.77. The van der Waals surface area contributed by atoms with Gasteiger partial charge in [-0.2, -0.15) is 0 Å². The molecule has 0 saturated carbocycles. The van der Waals surface area contributed by atoms with Crippen molar-refractivity contribution in [2.45, 2.75) is 89.0 Å². The van der Waals surface area contributed by atoms with E-state index in [2.05, 4.69) is 5.32 Å². The van der Waals surface area contributed by atoms with Crippen LogP contribution in [0.1, 0.15) is 55.4 Å². The van der Waals surface area contributed by atoms with Crippen LogP contribution < -0.4 is 19.9 Å². The van der Waals surface area contributed by atoms with Gasteiger partial charge in [-0.1, -0.05) is 67.6 Å². The molecule has 1 spiro atoms. The Bertz CT molecular complexity index is 2170. The molecular formula is C47H57FN4O7Si. The van der Waals surface area contributed by atoms with Crippen molar-refractivity contribution in [2.75, 3.05) is 42.7 Å². The number of fused-ring (bicyclic) bond motifs is 3. The van der Waals surface area contributed by atoms with Crippen molar-refractivity contribution in [1.29, 1.82) is 0 Å². The van der Waals surface area contributed by atoms with Gasteiger partial charge in [-0.15, -0.1) is 0 Å². The summed E-state index contributed by atoms with van der Waals surface area (Å²) >= 11 is 0. The minimum atomic E-state index is -3.55. The normalized spacial score (nSPS) is 22.3. The van der Waals surface area contributed by atoms with Gasteiger partial charge in [0.05, 0.1) is 49.7 Å². The third kappa shape index (κ3) is 8.51. The molecule has 318 valence electrons. The van der Waals surface area contributed by atoms with Gasteiger partial charge in [0, 0.05) is 42.4 Å². The summed E-state index contributed by atoms with van der Waals surface area (Å²) in [6.45, 7) is 8.56. The predicted molar refractivity (Wildman–Crippen MR) is 232 cm³/mol. The topological polar surface area (TPSA) is 132 Å². The Morgan fingerprint density at radius 3 is 2.43 bits per heavy atom. The second kappa shape index (κ2) is 18.4. The molecule has 4 aromatic rings. The first-order chi connectivity index (χ1) is 28.9. The van der Waals surface area contributed by atoms with E-state index < -0.39 is 37.6 Å². The van der Waals surface area contributed by atoms with Gasteiger partial charge in [0.15, 0.2) is 5.60 Å². The standard InChI is InChI=1S/C47H57FN4O7Si/c1-5-58-37-20-21-40-35(27-37)28-39(49-22-11-12-24-53)45(56)52(40)36-17-13-16-34(26-36)31-51-41-19-10-9-18-38(41)47(46(51)57)32(2)44(60(3,4)48)42(59-47)29-43(55)50(23-25-54)30-33-14-7-6-8-15-33/h6-10,13-21,26-27,32,39,42,44,49,53-54H,5,11-12,22-25,28-31H2,1-4H3/t32-,39?,42+,44-,47+/m0/s1. The maximum Gasteiger partial charge on any atom is 0.264 e. The molecule has 1 saturated heterocycles. The first-order valence-electron chi connectivity index (χ1n) is 21.1. The van der Waals surface area contributed by atoms with Gasteiger partial charge >= 0.3 is 0 Å². The highest BCUT2D eigenvalue weighted by Crippen LogP contribution is 2.60. The highest BCUT2D eigenvalue weighted by Gasteiger charge is 2.67. The van der Waals surface area contributed by atoms with Gasteiger partial charge in [0.25, 0.3) is 5.91 Å². The Kier molecular flexibility index (Phi) is 13.2. The van der Waals surface area contributed by atoms with Crippen molar-refractivity contribution in [3.05, 3.63) is 119 Å². The molecule has 0 aromatic heterocycles. The van der Waals surface area contributed by atoms with E-state index in [-0.39, 0.29) is 57.0 Å². The SMILES string of the molecule is CCOc1ccc2c(c1)CC(NCCCCO)C(=O)N2c1cccc(CN2C(=O)[C@]3(O[C@H](CC(=O)N(CCO)Cc4ccccc4)[C@@H]([Si](C)(C)F)[C@@H]3C)c3ccccc32)c1. The number of aliphatic hydroxyl groups is 2. The number of hydrogen-bond donors (Lipinski definition) is 3. The quantitative estimate of drug-likeness (QED) is 0.0604. The highest BCUT2D eigenvalue weighted by molar-refractivity contribution is 6.72. The van der Waals surface area contributed by atoms with E-state index in [0.717, 1.165) is 34.5 Å². The van der Waals surface area contributed by atoms with Gasteiger partial charge in [-0.3, -0.25) is 19.3 Å². The summed E-state index contributed by atoms with van der Waals surface area (Å²) < 4.78 is 29.3. The molecule has 13 heteroatoms. The molecule has 0 aliphatic carbocycles. The fourth-order valence-electron chi connectivity index (χ4n) is 9.57. The van der Waals surface area contributed by atoms with Gasteiger partial charge in [-0.25, -0.2) is 0 Å². The molecule has 3 amide bonds. The molecule has 3 N–H and O–H groups in total. The fraction of sp³-hybridized carbons (Fsp3) is 0.426. The third-order valence-electron chi connectivity index (χ3n) is 12.2. The Balaban J connectivity index is 1.18. The molecule has 0 bridgehead atoms. The summed E-state index contributed by atoms with van der Waals surface area (Å²) in [5, 5.41) is 22.6. The Morgan fingerprint density at radius 2 is 1.70 bits per heavy atom. The molecule has 7 rings (SSSR count). The van der Waals surface area contributed by atoms with Crippen molar-refractivity contribution in [3.63, 3.8) is 0 Å². The average molecular weight is 837 g/mol. The number of carbonyl (C=O) groups is 3. The molecule has 1 unspecified atom stereocenters. The number of benzene rings is 4. The summed E-state index contributed by atoms with van der Waals surface area (Å²) in [4.78, 5) is 48.4. The van der Waals surface area contributed by atoms with Crippen LogP contribution >= 0.6 is 0 Å². The highest BCUT2D eigenvalue weighted by atomic mass is 28.4. The van der Waals surface area contributed by atoms with E-state index in [0.29, 0.717) is 42.9 Å². The Hall–Kier alpha value is -4.92. The van der Waals surface area contributed by atoms with Crippen LogP contribution in [0.5, 0.6) is 5.75 Å². The van der Waals surface area contributed by atoms with Gasteiger partial charge in [0.1, 0.15) is 5.75 Å². The van der Waals surface area contributed by atoms with Crippen molar-refractivity contribution in [1.82, 2.24) is 10.2 Å². The average Bonchev–Trinajstić information content (AvgIpc) is 3.66. The minimum absolute atomic E-state index is 0.0890. The molecular weight excluding hydrogens is 780 g/mol. The number of nitrogens with one attached hydrogen (secondary N) is 1. The summed E-state index contributed by atoms with van der Waals surface area (Å²) in [5.74, 6) is -0.550. The second-order valence-corrected chi connectivity index (χ2v) is 20.4. The number of carbonyl (C=O) groups excluding carboxylic acids is 3. The van der Waals surface area contributed by atoms with Crippen molar-refractivity contribution >= 4 is 43.2 Å². The Morgan fingerprint density at radius 1 is 0.950 bits per heavy atom. The molecule has 3 aliphatic rings. The molecule has 3 heterocycles. The van der Waals surface area contributed by atoms with Crippen LogP contribution in [0.15, 0.2) is 97.1 Å². The van der Waals surface area contributed by atoms with Crippen molar-refractivity contribution < 1.29 is 38.2 Å². The fourth-order valence-corrected chi connectivity index (χ4v) is 12.1. The molecule has 3 aliphatic heterocycles. The lowest BCUT2D eigenvalue weighted by Crippen LogP contribution is -2.49. The summed E-state index contributed by atoms with van der Waals surface area (Å²) in [5.41, 5.74) is 3.17. The smallest absolute Gasteiger partial charge is 0.264 e. The maximum atomic E-state index is 16.6. The summed E-state index contributed by atoms with van der Waals surface area (Å²) in [7, 11) is -3.55.